The van der Waals surface area contributed by atoms with E-state index in [1.54, 1.807) is 18.3 Å². The van der Waals surface area contributed by atoms with E-state index in [9.17, 15) is 9.18 Å². The van der Waals surface area contributed by atoms with Crippen LogP contribution >= 0.6 is 0 Å². The van der Waals surface area contributed by atoms with Gasteiger partial charge in [-0.2, -0.15) is 5.10 Å². The van der Waals surface area contributed by atoms with Crippen LogP contribution in [0, 0.1) is 5.82 Å². The molecule has 0 unspecified atom stereocenters. The number of nitrogens with zero attached hydrogens (tertiary/aromatic N) is 3. The summed E-state index contributed by atoms with van der Waals surface area (Å²) in [7, 11) is 0. The van der Waals surface area contributed by atoms with Crippen molar-refractivity contribution in [2.24, 2.45) is 0 Å². The Bertz CT molecular complexity index is 1210. The normalized spacial score (nSPS) is 16.4. The second kappa shape index (κ2) is 8.18. The van der Waals surface area contributed by atoms with Crippen molar-refractivity contribution in [2.45, 2.75) is 18.9 Å². The molecule has 2 aromatic heterocycles. The van der Waals surface area contributed by atoms with Crippen LogP contribution in [0.5, 0.6) is 0 Å². The molecule has 0 aliphatic carbocycles. The Balaban J connectivity index is 1.29. The highest BCUT2D eigenvalue weighted by molar-refractivity contribution is 6.05. The summed E-state index contributed by atoms with van der Waals surface area (Å²) in [5.41, 5.74) is 2.17. The van der Waals surface area contributed by atoms with E-state index in [1.165, 1.54) is 12.1 Å². The smallest absolute Gasteiger partial charge is 0.270 e. The Labute approximate surface area is 179 Å². The van der Waals surface area contributed by atoms with E-state index >= 15 is 0 Å². The van der Waals surface area contributed by atoms with Crippen molar-refractivity contribution in [1.29, 1.82) is 0 Å². The Morgan fingerprint density at radius 1 is 1.13 bits per heavy atom. The maximum Gasteiger partial charge on any atom is 0.270 e. The largest absolute Gasteiger partial charge is 0.353 e. The van der Waals surface area contributed by atoms with Crippen molar-refractivity contribution in [1.82, 2.24) is 20.5 Å². The van der Waals surface area contributed by atoms with E-state index in [0.717, 1.165) is 47.2 Å². The molecule has 6 nitrogen and oxygen atoms in total. The topological polar surface area (TPSA) is 73.9 Å². The summed E-state index contributed by atoms with van der Waals surface area (Å²) in [4.78, 5) is 19.4. The summed E-state index contributed by atoms with van der Waals surface area (Å²) in [5, 5.41) is 12.5. The highest BCUT2D eigenvalue weighted by Gasteiger charge is 2.24. The molecule has 2 N–H and O–H groups in total. The van der Waals surface area contributed by atoms with E-state index in [0.29, 0.717) is 12.2 Å². The van der Waals surface area contributed by atoms with Crippen molar-refractivity contribution < 1.29 is 9.18 Å². The number of H-pyrrole nitrogens is 1. The maximum absolute atomic E-state index is 13.2. The summed E-state index contributed by atoms with van der Waals surface area (Å²) in [6.07, 6.45) is 3.53. The monoisotopic (exact) mass is 415 g/mol. The average molecular weight is 415 g/mol. The zero-order valence-electron chi connectivity index (χ0n) is 16.9. The van der Waals surface area contributed by atoms with Crippen LogP contribution in [0.2, 0.25) is 0 Å². The maximum atomic E-state index is 13.2. The molecule has 1 fully saturated rings. The van der Waals surface area contributed by atoms with Gasteiger partial charge in [0.05, 0.1) is 5.69 Å². The number of anilines is 1. The van der Waals surface area contributed by atoms with Gasteiger partial charge in [-0.25, -0.2) is 4.39 Å². The van der Waals surface area contributed by atoms with E-state index in [-0.39, 0.29) is 17.8 Å². The highest BCUT2D eigenvalue weighted by atomic mass is 19.1. The number of pyridine rings is 1. The number of carbonyl (C=O) groups excluding carboxylic acids is 1. The Morgan fingerprint density at radius 3 is 2.84 bits per heavy atom. The minimum Gasteiger partial charge on any atom is -0.353 e. The van der Waals surface area contributed by atoms with Gasteiger partial charge in [-0.05, 0) is 54.1 Å². The van der Waals surface area contributed by atoms with Gasteiger partial charge in [0.15, 0.2) is 5.82 Å². The zero-order valence-corrected chi connectivity index (χ0v) is 16.9. The molecule has 0 bridgehead atoms. The Kier molecular flexibility index (Phi) is 5.08. The Hall–Kier alpha value is -3.74. The summed E-state index contributed by atoms with van der Waals surface area (Å²) < 4.78 is 13.2. The van der Waals surface area contributed by atoms with Gasteiger partial charge in [-0.3, -0.25) is 14.9 Å². The number of hydrogen-bond acceptors (Lipinski definition) is 4. The third kappa shape index (κ3) is 3.99. The van der Waals surface area contributed by atoms with Gasteiger partial charge < -0.3 is 10.2 Å². The van der Waals surface area contributed by atoms with Crippen molar-refractivity contribution in [3.63, 3.8) is 0 Å². The van der Waals surface area contributed by atoms with Crippen LogP contribution in [-0.4, -0.2) is 40.2 Å². The number of carbonyl (C=O) groups is 1. The molecule has 1 amide bonds. The minimum atomic E-state index is -0.265. The van der Waals surface area contributed by atoms with Gasteiger partial charge in [0, 0.05) is 36.8 Å². The number of benzene rings is 2. The van der Waals surface area contributed by atoms with Crippen molar-refractivity contribution in [3.05, 3.63) is 78.4 Å². The van der Waals surface area contributed by atoms with Gasteiger partial charge in [-0.15, -0.1) is 0 Å². The lowest BCUT2D eigenvalue weighted by molar-refractivity contribution is 0.0930. The number of rotatable bonds is 4. The van der Waals surface area contributed by atoms with Crippen molar-refractivity contribution in [3.8, 4) is 11.3 Å². The lowest BCUT2D eigenvalue weighted by atomic mass is 10.0. The fourth-order valence-electron chi connectivity index (χ4n) is 4.11. The molecule has 3 heterocycles. The number of piperidine rings is 1. The number of fused-ring (bicyclic) bond motifs is 1. The third-order valence-electron chi connectivity index (χ3n) is 5.69. The molecule has 1 aliphatic heterocycles. The lowest BCUT2D eigenvalue weighted by Crippen LogP contribution is -2.48. The summed E-state index contributed by atoms with van der Waals surface area (Å²) in [5.74, 6) is 0.401. The molecule has 1 atom stereocenters. The fourth-order valence-corrected chi connectivity index (χ4v) is 4.11. The molecule has 5 rings (SSSR count). The number of aromatic nitrogens is 3. The molecular weight excluding hydrogens is 393 g/mol. The molecule has 0 spiro atoms. The molecule has 156 valence electrons. The van der Waals surface area contributed by atoms with Crippen LogP contribution < -0.4 is 10.2 Å². The van der Waals surface area contributed by atoms with Gasteiger partial charge in [-0.1, -0.05) is 24.3 Å². The number of aromatic amines is 1. The summed E-state index contributed by atoms with van der Waals surface area (Å²) >= 11 is 0. The first-order valence-electron chi connectivity index (χ1n) is 10.4. The van der Waals surface area contributed by atoms with Crippen LogP contribution in [0.25, 0.3) is 22.0 Å². The van der Waals surface area contributed by atoms with E-state index in [4.69, 9.17) is 0 Å². The minimum absolute atomic E-state index is 0.00740. The van der Waals surface area contributed by atoms with Crippen LogP contribution in [0.15, 0.2) is 66.9 Å². The molecule has 1 saturated heterocycles. The number of hydrogen-bond donors (Lipinski definition) is 2. The Morgan fingerprint density at radius 2 is 1.97 bits per heavy atom. The molecule has 0 radical (unpaired) electrons. The van der Waals surface area contributed by atoms with Crippen molar-refractivity contribution in [2.75, 3.05) is 18.0 Å². The first-order chi connectivity index (χ1) is 15.2. The number of nitrogens with one attached hydrogen (secondary N) is 2. The predicted octanol–water partition coefficient (Wildman–Crippen LogP) is 4.16. The first-order valence-corrected chi connectivity index (χ1v) is 10.4. The second-order valence-corrected chi connectivity index (χ2v) is 7.79. The van der Waals surface area contributed by atoms with Crippen LogP contribution in [0.3, 0.4) is 0 Å². The summed E-state index contributed by atoms with van der Waals surface area (Å²) in [6, 6.07) is 18.0. The third-order valence-corrected chi connectivity index (χ3v) is 5.69. The molecule has 7 heteroatoms. The van der Waals surface area contributed by atoms with Crippen LogP contribution in [0.1, 0.15) is 23.3 Å². The quantitative estimate of drug-likeness (QED) is 0.525. The molecule has 0 saturated carbocycles. The van der Waals surface area contributed by atoms with E-state index in [1.807, 2.05) is 36.4 Å². The number of amides is 1. The van der Waals surface area contributed by atoms with Crippen LogP contribution in [0.4, 0.5) is 10.2 Å². The fraction of sp³-hybridized carbons (Fsp3) is 0.208. The molecule has 2 aromatic carbocycles. The van der Waals surface area contributed by atoms with Crippen LogP contribution in [-0.2, 0) is 0 Å². The SMILES string of the molecule is O=C(N[C@H]1CCCN(c2cc(-c3ccc(F)cc3)[nH]n2)C1)c1nccc2ccccc12. The molecule has 1 aliphatic rings. The lowest BCUT2D eigenvalue weighted by Gasteiger charge is -2.33. The zero-order chi connectivity index (χ0) is 21.2. The summed E-state index contributed by atoms with van der Waals surface area (Å²) in [6.45, 7) is 1.54. The van der Waals surface area contributed by atoms with Crippen molar-refractivity contribution >= 4 is 22.5 Å². The second-order valence-electron chi connectivity index (χ2n) is 7.79. The molecular formula is C24H22FN5O. The predicted molar refractivity (Wildman–Crippen MR) is 118 cm³/mol. The first kappa shape index (κ1) is 19.2. The van der Waals surface area contributed by atoms with E-state index in [2.05, 4.69) is 25.4 Å². The number of halogens is 1. The molecule has 31 heavy (non-hydrogen) atoms. The standard InChI is InChI=1S/C24H22FN5O/c25-18-9-7-17(8-10-18)21-14-22(29-28-21)30-13-3-5-19(15-30)27-24(31)23-20-6-2-1-4-16(20)11-12-26-23/h1-2,4,6-12,14,19H,3,5,13,15H2,(H,27,31)(H,28,29)/t19-/m0/s1. The van der Waals surface area contributed by atoms with Gasteiger partial charge >= 0.3 is 0 Å². The highest BCUT2D eigenvalue weighted by Crippen LogP contribution is 2.25. The van der Waals surface area contributed by atoms with E-state index < -0.39 is 0 Å². The van der Waals surface area contributed by atoms with Gasteiger partial charge in [0.2, 0.25) is 0 Å². The van der Waals surface area contributed by atoms with Gasteiger partial charge in [0.25, 0.3) is 5.91 Å². The average Bonchev–Trinajstić information content (AvgIpc) is 3.30. The molecule has 4 aromatic rings. The van der Waals surface area contributed by atoms with Gasteiger partial charge in [0.1, 0.15) is 11.5 Å².